The third-order valence-corrected chi connectivity index (χ3v) is 3.51. The van der Waals surface area contributed by atoms with Crippen molar-refractivity contribution in [3.8, 4) is 0 Å². The van der Waals surface area contributed by atoms with Crippen LogP contribution < -0.4 is 5.73 Å². The lowest BCUT2D eigenvalue weighted by Crippen LogP contribution is -2.44. The van der Waals surface area contributed by atoms with Crippen molar-refractivity contribution in [2.75, 3.05) is 18.1 Å². The molecular formula is C11H26N2S. The van der Waals surface area contributed by atoms with Gasteiger partial charge < -0.3 is 5.73 Å². The summed E-state index contributed by atoms with van der Waals surface area (Å²) in [7, 11) is 0. The van der Waals surface area contributed by atoms with E-state index in [2.05, 4.69) is 44.4 Å². The molecule has 0 amide bonds. The third kappa shape index (κ3) is 6.68. The Kier molecular flexibility index (Phi) is 8.73. The molecule has 0 aromatic heterocycles. The Bertz CT molecular complexity index is 118. The fourth-order valence-corrected chi connectivity index (χ4v) is 2.35. The van der Waals surface area contributed by atoms with E-state index in [0.717, 1.165) is 6.54 Å². The average Bonchev–Trinajstić information content (AvgIpc) is 2.09. The lowest BCUT2D eigenvalue weighted by Gasteiger charge is -2.30. The van der Waals surface area contributed by atoms with Gasteiger partial charge in [0, 0.05) is 12.6 Å². The highest BCUT2D eigenvalue weighted by molar-refractivity contribution is 7.99. The van der Waals surface area contributed by atoms with Gasteiger partial charge in [0.2, 0.25) is 0 Å². The van der Waals surface area contributed by atoms with Gasteiger partial charge >= 0.3 is 0 Å². The van der Waals surface area contributed by atoms with Crippen LogP contribution in [0.5, 0.6) is 0 Å². The molecule has 0 saturated heterocycles. The van der Waals surface area contributed by atoms with Gasteiger partial charge in [-0.2, -0.15) is 11.8 Å². The first kappa shape index (κ1) is 14.3. The number of thioether (sulfide) groups is 1. The summed E-state index contributed by atoms with van der Waals surface area (Å²) in [5.41, 5.74) is 5.90. The minimum absolute atomic E-state index is 0.186. The van der Waals surface area contributed by atoms with Crippen molar-refractivity contribution in [2.45, 2.75) is 52.7 Å². The molecule has 0 spiro atoms. The smallest absolute Gasteiger partial charge is 0.0545 e. The molecule has 2 nitrogen and oxygen atoms in total. The van der Waals surface area contributed by atoms with Crippen LogP contribution in [0.1, 0.15) is 40.5 Å². The summed E-state index contributed by atoms with van der Waals surface area (Å²) in [4.78, 5) is 2.35. The number of hydrogen-bond acceptors (Lipinski definition) is 3. The van der Waals surface area contributed by atoms with Crippen LogP contribution >= 0.6 is 11.8 Å². The molecule has 0 radical (unpaired) electrons. The van der Waals surface area contributed by atoms with Gasteiger partial charge in [-0.3, -0.25) is 4.90 Å². The maximum atomic E-state index is 5.90. The van der Waals surface area contributed by atoms with Crippen LogP contribution in [0, 0.1) is 0 Å². The summed E-state index contributed by atoms with van der Waals surface area (Å²) in [6.45, 7) is 9.85. The Balaban J connectivity index is 3.52. The molecule has 0 fully saturated rings. The van der Waals surface area contributed by atoms with Gasteiger partial charge in [-0.1, -0.05) is 6.92 Å². The quantitative estimate of drug-likeness (QED) is 0.501. The van der Waals surface area contributed by atoms with Crippen LogP contribution in [0.4, 0.5) is 0 Å². The molecule has 3 heteroatoms. The van der Waals surface area contributed by atoms with E-state index in [1.807, 2.05) is 0 Å². The van der Waals surface area contributed by atoms with Crippen molar-refractivity contribution in [3.63, 3.8) is 0 Å². The second-order valence-corrected chi connectivity index (χ2v) is 5.26. The number of rotatable bonds is 8. The first-order chi connectivity index (χ1) is 6.59. The standard InChI is InChI=1S/C11H26N2S/c1-5-8-14-9-6-7-13(10(2)3)11(4)12/h10-11H,5-9,12H2,1-4H3. The normalized spacial score (nSPS) is 13.9. The molecule has 0 bridgehead atoms. The van der Waals surface area contributed by atoms with E-state index in [-0.39, 0.29) is 6.17 Å². The summed E-state index contributed by atoms with van der Waals surface area (Å²) in [5, 5.41) is 0. The largest absolute Gasteiger partial charge is 0.316 e. The zero-order valence-corrected chi connectivity index (χ0v) is 10.9. The summed E-state index contributed by atoms with van der Waals surface area (Å²) in [5.74, 6) is 2.56. The van der Waals surface area contributed by atoms with Crippen molar-refractivity contribution < 1.29 is 0 Å². The van der Waals surface area contributed by atoms with E-state index in [4.69, 9.17) is 5.73 Å². The summed E-state index contributed by atoms with van der Waals surface area (Å²) < 4.78 is 0. The Morgan fingerprint density at radius 2 is 1.86 bits per heavy atom. The third-order valence-electron chi connectivity index (χ3n) is 2.24. The van der Waals surface area contributed by atoms with Crippen LogP contribution in [0.15, 0.2) is 0 Å². The van der Waals surface area contributed by atoms with Gasteiger partial charge in [0.25, 0.3) is 0 Å². The molecule has 0 aromatic carbocycles. The van der Waals surface area contributed by atoms with E-state index in [9.17, 15) is 0 Å². The highest BCUT2D eigenvalue weighted by atomic mass is 32.2. The van der Waals surface area contributed by atoms with E-state index in [1.54, 1.807) is 0 Å². The Hall–Kier alpha value is 0.270. The van der Waals surface area contributed by atoms with Crippen LogP contribution in [0.2, 0.25) is 0 Å². The van der Waals surface area contributed by atoms with Crippen molar-refractivity contribution in [2.24, 2.45) is 5.73 Å². The number of hydrogen-bond donors (Lipinski definition) is 1. The van der Waals surface area contributed by atoms with E-state index >= 15 is 0 Å². The molecule has 0 aromatic rings. The summed E-state index contributed by atoms with van der Waals surface area (Å²) in [6.07, 6.45) is 2.72. The molecule has 0 aliphatic carbocycles. The predicted octanol–water partition coefficient (Wildman–Crippen LogP) is 2.53. The summed E-state index contributed by atoms with van der Waals surface area (Å²) >= 11 is 2.05. The zero-order valence-electron chi connectivity index (χ0n) is 10.1. The van der Waals surface area contributed by atoms with Gasteiger partial charge in [-0.25, -0.2) is 0 Å². The molecule has 1 atom stereocenters. The summed E-state index contributed by atoms with van der Waals surface area (Å²) in [6, 6.07) is 0.561. The van der Waals surface area contributed by atoms with Crippen LogP contribution in [0.3, 0.4) is 0 Å². The first-order valence-corrected chi connectivity index (χ1v) is 6.84. The Morgan fingerprint density at radius 1 is 1.21 bits per heavy atom. The van der Waals surface area contributed by atoms with Crippen molar-refractivity contribution in [3.05, 3.63) is 0 Å². The van der Waals surface area contributed by atoms with Crippen molar-refractivity contribution in [1.82, 2.24) is 4.90 Å². The van der Waals surface area contributed by atoms with E-state index < -0.39 is 0 Å². The molecular weight excluding hydrogens is 192 g/mol. The highest BCUT2D eigenvalue weighted by Crippen LogP contribution is 2.07. The monoisotopic (exact) mass is 218 g/mol. The predicted molar refractivity (Wildman–Crippen MR) is 67.7 cm³/mol. The molecule has 0 heterocycles. The van der Waals surface area contributed by atoms with Gasteiger partial charge in [-0.05, 0) is 45.1 Å². The van der Waals surface area contributed by atoms with E-state index in [0.29, 0.717) is 6.04 Å². The second-order valence-electron chi connectivity index (χ2n) is 4.04. The minimum atomic E-state index is 0.186. The maximum absolute atomic E-state index is 5.90. The maximum Gasteiger partial charge on any atom is 0.0545 e. The fourth-order valence-electron chi connectivity index (χ4n) is 1.53. The molecule has 14 heavy (non-hydrogen) atoms. The molecule has 2 N–H and O–H groups in total. The fraction of sp³-hybridized carbons (Fsp3) is 1.00. The lowest BCUT2D eigenvalue weighted by molar-refractivity contribution is 0.168. The first-order valence-electron chi connectivity index (χ1n) is 5.68. The average molecular weight is 218 g/mol. The van der Waals surface area contributed by atoms with Crippen LogP contribution in [0.25, 0.3) is 0 Å². The second kappa shape index (κ2) is 8.57. The Labute approximate surface area is 93.6 Å². The number of nitrogens with two attached hydrogens (primary N) is 1. The van der Waals surface area contributed by atoms with E-state index in [1.165, 1.54) is 24.3 Å². The zero-order chi connectivity index (χ0) is 11.0. The minimum Gasteiger partial charge on any atom is -0.316 e. The lowest BCUT2D eigenvalue weighted by atomic mass is 10.2. The SMILES string of the molecule is CCCSCCCN(C(C)C)C(C)N. The molecule has 0 rings (SSSR count). The van der Waals surface area contributed by atoms with Crippen molar-refractivity contribution >= 4 is 11.8 Å². The van der Waals surface area contributed by atoms with Crippen LogP contribution in [-0.4, -0.2) is 35.2 Å². The van der Waals surface area contributed by atoms with Gasteiger partial charge in [-0.15, -0.1) is 0 Å². The van der Waals surface area contributed by atoms with Gasteiger partial charge in [0.05, 0.1) is 6.17 Å². The van der Waals surface area contributed by atoms with Gasteiger partial charge in [0.15, 0.2) is 0 Å². The molecule has 0 saturated carbocycles. The molecule has 1 unspecified atom stereocenters. The van der Waals surface area contributed by atoms with Crippen molar-refractivity contribution in [1.29, 1.82) is 0 Å². The highest BCUT2D eigenvalue weighted by Gasteiger charge is 2.12. The molecule has 0 aliphatic heterocycles. The van der Waals surface area contributed by atoms with Crippen LogP contribution in [-0.2, 0) is 0 Å². The molecule has 0 aliphatic rings. The number of nitrogens with zero attached hydrogens (tertiary/aromatic N) is 1. The van der Waals surface area contributed by atoms with Gasteiger partial charge in [0.1, 0.15) is 0 Å². The molecule has 86 valence electrons. The topological polar surface area (TPSA) is 29.3 Å². The Morgan fingerprint density at radius 3 is 2.29 bits per heavy atom.